The van der Waals surface area contributed by atoms with Gasteiger partial charge in [-0.1, -0.05) is 27.0 Å². The van der Waals surface area contributed by atoms with Crippen LogP contribution < -0.4 is 0 Å². The second-order valence-corrected chi connectivity index (χ2v) is 18.2. The molecule has 0 amide bonds. The van der Waals surface area contributed by atoms with Crippen molar-refractivity contribution in [1.29, 1.82) is 0 Å². The summed E-state index contributed by atoms with van der Waals surface area (Å²) in [7, 11) is 0. The molecular weight excluding hydrogens is 668 g/mol. The molecule has 0 aromatic rings. The summed E-state index contributed by atoms with van der Waals surface area (Å²) < 4.78 is 54.4. The fourth-order valence-corrected chi connectivity index (χ4v) is 11.7. The smallest absolute Gasteiger partial charge is 0.172 e. The predicted molar refractivity (Wildman–Crippen MR) is 187 cm³/mol. The maximum Gasteiger partial charge on any atom is 0.172 e. The highest BCUT2D eigenvalue weighted by Crippen LogP contribution is 2.58. The van der Waals surface area contributed by atoms with E-state index in [2.05, 4.69) is 33.9 Å². The number of aliphatic hydroxyl groups is 2. The topological polar surface area (TPSA) is 131 Å². The van der Waals surface area contributed by atoms with Gasteiger partial charge in [0, 0.05) is 38.5 Å². The zero-order valence-electron chi connectivity index (χ0n) is 31.2. The minimum Gasteiger partial charge on any atom is -0.394 e. The van der Waals surface area contributed by atoms with Crippen molar-refractivity contribution in [3.8, 4) is 0 Å². The first-order valence-corrected chi connectivity index (χ1v) is 20.4. The standard InChI is InChI=1S/C41H60O11/c1-20-12-26-6-8-30-21(2)13-28(45-30)10-11-41-19-40(5)39(52-41)38-37(50-40)36(51-41)35-31(49-38)9-7-27(47-35)14-24(43)15-29-23(4)32(16-25(44)18-42)48-34(29)17-33(46-26)22(20)3/h20,23,25-39,42,44H,2-3,6-19H2,1,4-5H3/t20-,23-,25+,26+,27-,28+,29-,30+,31+,32-,33-,34+,35+,36+,37+,38-,39-,40-,41-/m1/s1. The van der Waals surface area contributed by atoms with Crippen molar-refractivity contribution in [2.24, 2.45) is 17.8 Å². The van der Waals surface area contributed by atoms with Crippen LogP contribution in [0.3, 0.4) is 0 Å². The summed E-state index contributed by atoms with van der Waals surface area (Å²) in [6.45, 7) is 15.1. The van der Waals surface area contributed by atoms with Crippen LogP contribution in [0.4, 0.5) is 0 Å². The normalized spacial score (nSPS) is 53.8. The molecule has 1 spiro atoms. The zero-order valence-corrected chi connectivity index (χ0v) is 31.2. The lowest BCUT2D eigenvalue weighted by molar-refractivity contribution is -0.294. The maximum absolute atomic E-state index is 14.0. The summed E-state index contributed by atoms with van der Waals surface area (Å²) >= 11 is 0. The van der Waals surface area contributed by atoms with Crippen LogP contribution in [0.1, 0.15) is 104 Å². The van der Waals surface area contributed by atoms with Crippen molar-refractivity contribution in [3.63, 3.8) is 0 Å². The second kappa shape index (κ2) is 13.7. The summed E-state index contributed by atoms with van der Waals surface area (Å²) in [4.78, 5) is 14.0. The zero-order chi connectivity index (χ0) is 36.1. The van der Waals surface area contributed by atoms with Crippen molar-refractivity contribution < 1.29 is 52.9 Å². The third-order valence-electron chi connectivity index (χ3n) is 14.5. The Labute approximate surface area is 308 Å². The van der Waals surface area contributed by atoms with Gasteiger partial charge >= 0.3 is 0 Å². The Morgan fingerprint density at radius 3 is 2.38 bits per heavy atom. The number of aliphatic hydroxyl groups excluding tert-OH is 2. The van der Waals surface area contributed by atoms with Crippen LogP contribution in [0.25, 0.3) is 0 Å². The molecule has 0 unspecified atom stereocenters. The summed E-state index contributed by atoms with van der Waals surface area (Å²) in [5, 5.41) is 20.0. The first kappa shape index (κ1) is 36.4. The van der Waals surface area contributed by atoms with E-state index >= 15 is 0 Å². The first-order chi connectivity index (χ1) is 24.9. The number of carbonyl (C=O) groups excluding carboxylic acids is 1. The molecule has 290 valence electrons. The lowest BCUT2D eigenvalue weighted by atomic mass is 9.78. The largest absolute Gasteiger partial charge is 0.394 e. The first-order valence-electron chi connectivity index (χ1n) is 20.4. The lowest BCUT2D eigenvalue weighted by Gasteiger charge is -2.47. The molecular formula is C41H60O11. The molecule has 10 saturated heterocycles. The highest BCUT2D eigenvalue weighted by atomic mass is 16.8. The van der Waals surface area contributed by atoms with Gasteiger partial charge in [0.25, 0.3) is 0 Å². The molecule has 10 rings (SSSR count). The summed E-state index contributed by atoms with van der Waals surface area (Å²) in [6, 6.07) is 0. The van der Waals surface area contributed by atoms with Gasteiger partial charge in [-0.05, 0) is 80.8 Å². The molecule has 0 aromatic heterocycles. The number of rotatable bonds is 3. The Hall–Kier alpha value is -1.25. The average Bonchev–Trinajstić information content (AvgIpc) is 3.73. The molecule has 10 aliphatic heterocycles. The number of carbonyl (C=O) groups is 1. The van der Waals surface area contributed by atoms with Crippen LogP contribution in [-0.4, -0.2) is 119 Å². The molecule has 52 heavy (non-hydrogen) atoms. The number of Topliss-reactive ketones (excluding diaryl/α,β-unsaturated/α-hetero) is 1. The van der Waals surface area contributed by atoms with Crippen molar-refractivity contribution in [2.45, 2.75) is 201 Å². The highest BCUT2D eigenvalue weighted by molar-refractivity contribution is 5.79. The van der Waals surface area contributed by atoms with Crippen LogP contribution >= 0.6 is 0 Å². The van der Waals surface area contributed by atoms with Crippen molar-refractivity contribution in [1.82, 2.24) is 0 Å². The van der Waals surface area contributed by atoms with E-state index in [0.29, 0.717) is 44.4 Å². The van der Waals surface area contributed by atoms with Crippen molar-refractivity contribution in [2.75, 3.05) is 6.61 Å². The minimum atomic E-state index is -0.875. The van der Waals surface area contributed by atoms with Crippen LogP contribution in [0.2, 0.25) is 0 Å². The number of hydrogen-bond donors (Lipinski definition) is 2. The van der Waals surface area contributed by atoms with Gasteiger partial charge in [0.1, 0.15) is 41.9 Å². The van der Waals surface area contributed by atoms with E-state index in [9.17, 15) is 15.0 Å². The van der Waals surface area contributed by atoms with Crippen LogP contribution in [0.5, 0.6) is 0 Å². The number of ketones is 1. The van der Waals surface area contributed by atoms with Crippen LogP contribution in [0.15, 0.2) is 24.3 Å². The van der Waals surface area contributed by atoms with Crippen molar-refractivity contribution >= 4 is 5.78 Å². The Morgan fingerprint density at radius 2 is 1.56 bits per heavy atom. The fraction of sp³-hybridized carbons (Fsp3) is 0.878. The molecule has 0 aromatic carbocycles. The quantitative estimate of drug-likeness (QED) is 0.399. The Morgan fingerprint density at radius 1 is 0.788 bits per heavy atom. The molecule has 10 heterocycles. The Bertz CT molecular complexity index is 1400. The van der Waals surface area contributed by atoms with E-state index in [4.69, 9.17) is 37.9 Å². The molecule has 0 radical (unpaired) electrons. The van der Waals surface area contributed by atoms with E-state index < -0.39 is 17.5 Å². The molecule has 12 bridgehead atoms. The number of fused-ring (bicyclic) bond motifs is 6. The second-order valence-electron chi connectivity index (χ2n) is 18.2. The fourth-order valence-electron chi connectivity index (χ4n) is 11.7. The summed E-state index contributed by atoms with van der Waals surface area (Å²) in [5.74, 6) is -0.418. The van der Waals surface area contributed by atoms with Gasteiger partial charge in [-0.15, -0.1) is 0 Å². The lowest BCUT2D eigenvalue weighted by Crippen LogP contribution is -2.61. The van der Waals surface area contributed by atoms with Gasteiger partial charge in [0.2, 0.25) is 0 Å². The van der Waals surface area contributed by atoms with Gasteiger partial charge in [-0.25, -0.2) is 0 Å². The SMILES string of the molecule is C=C1C[C@@H]2CC[C@@]34C[C@@]5(C)O[C@H]6[C@@H](O3)[C@H]3O[C@H](CC[C@@H]3O[C@H]6[C@H]5O4)CC(=O)C[C@@H]3[C@@H](C)[C@@H](C[C@H](O)CO)O[C@H]3C[C@H]3O[C@@H](CC[C@@H]1O2)C[C@@H](C)C3=C. The number of hydrogen-bond acceptors (Lipinski definition) is 11. The van der Waals surface area contributed by atoms with E-state index in [1.165, 1.54) is 0 Å². The van der Waals surface area contributed by atoms with Gasteiger partial charge in [-0.3, -0.25) is 4.79 Å². The summed E-state index contributed by atoms with van der Waals surface area (Å²) in [6.07, 6.45) is 5.40. The van der Waals surface area contributed by atoms with E-state index in [0.717, 1.165) is 56.1 Å². The van der Waals surface area contributed by atoms with Gasteiger partial charge in [-0.2, -0.15) is 0 Å². The van der Waals surface area contributed by atoms with E-state index in [-0.39, 0.29) is 104 Å². The molecule has 2 N–H and O–H groups in total. The molecule has 19 atom stereocenters. The van der Waals surface area contributed by atoms with E-state index in [1.54, 1.807) is 0 Å². The van der Waals surface area contributed by atoms with Gasteiger partial charge < -0.3 is 48.1 Å². The molecule has 11 nitrogen and oxygen atoms in total. The van der Waals surface area contributed by atoms with Crippen molar-refractivity contribution in [3.05, 3.63) is 24.3 Å². The Balaban J connectivity index is 0.994. The molecule has 0 saturated carbocycles. The maximum atomic E-state index is 14.0. The molecule has 10 fully saturated rings. The minimum absolute atomic E-state index is 0.0143. The summed E-state index contributed by atoms with van der Waals surface area (Å²) in [5.41, 5.74) is 1.72. The third-order valence-corrected chi connectivity index (χ3v) is 14.5. The number of ether oxygens (including phenoxy) is 8. The highest BCUT2D eigenvalue weighted by Gasteiger charge is 2.73. The monoisotopic (exact) mass is 728 g/mol. The predicted octanol–water partition coefficient (Wildman–Crippen LogP) is 4.48. The van der Waals surface area contributed by atoms with Gasteiger partial charge in [0.15, 0.2) is 5.79 Å². The van der Waals surface area contributed by atoms with E-state index in [1.807, 2.05) is 0 Å². The molecule has 0 aliphatic carbocycles. The van der Waals surface area contributed by atoms with Gasteiger partial charge in [0.05, 0.1) is 61.5 Å². The van der Waals surface area contributed by atoms with Crippen LogP contribution in [0, 0.1) is 17.8 Å². The van der Waals surface area contributed by atoms with Crippen LogP contribution in [-0.2, 0) is 42.7 Å². The molecule has 11 heteroatoms. The molecule has 10 aliphatic rings. The third kappa shape index (κ3) is 6.40. The Kier molecular flexibility index (Phi) is 9.62. The average molecular weight is 729 g/mol.